The van der Waals surface area contributed by atoms with Gasteiger partial charge in [0.2, 0.25) is 5.79 Å². The Morgan fingerprint density at radius 3 is 1.75 bits per heavy atom. The molecule has 6 aromatic rings. The second-order valence-electron chi connectivity index (χ2n) is 13.5. The van der Waals surface area contributed by atoms with E-state index in [9.17, 15) is 5.11 Å². The van der Waals surface area contributed by atoms with Crippen molar-refractivity contribution in [3.05, 3.63) is 178 Å². The van der Waals surface area contributed by atoms with Crippen molar-refractivity contribution in [3.8, 4) is 0 Å². The Labute approximate surface area is 314 Å². The maximum Gasteiger partial charge on any atom is 0.235 e. The van der Waals surface area contributed by atoms with Crippen LogP contribution in [0, 0.1) is 0 Å². The molecule has 1 aromatic heterocycles. The molecule has 0 aliphatic carbocycles. The number of thiophene rings is 1. The Balaban J connectivity index is 1.24. The van der Waals surface area contributed by atoms with Crippen LogP contribution in [0.15, 0.2) is 140 Å². The first-order valence-corrected chi connectivity index (χ1v) is 19.1. The van der Waals surface area contributed by atoms with Gasteiger partial charge < -0.3 is 33.5 Å². The van der Waals surface area contributed by atoms with Crippen LogP contribution in [0.25, 0.3) is 10.1 Å². The molecule has 8 heteroatoms. The lowest BCUT2D eigenvalue weighted by molar-refractivity contribution is -0.393. The number of aliphatic hydroxyl groups is 1. The van der Waals surface area contributed by atoms with Gasteiger partial charge >= 0.3 is 0 Å². The number of benzene rings is 5. The molecule has 0 bridgehead atoms. The molecule has 1 saturated heterocycles. The normalized spacial score (nSPS) is 22.6. The Hall–Kier alpha value is -4.22. The van der Waals surface area contributed by atoms with Gasteiger partial charge in [-0.25, -0.2) is 0 Å². The number of hydrogen-bond donors (Lipinski definition) is 1. The standard InChI is InChI=1S/C45H44O7S/c46-26-36-22-13-23-37-38-24-25-51-45(44(38)53-42(36)37)43(50-30-35-20-11-4-12-21-35)41(49-29-34-18-9-3-10-19-34)40(48-28-33-16-7-2-8-17-33)39(52-45)31-47-27-32-14-5-1-6-15-32/h1-23,39-41,43,46H,24-31H2/t39-,40+,41+,43-,45+/m1/s1. The average molecular weight is 729 g/mol. The van der Waals surface area contributed by atoms with E-state index < -0.39 is 30.2 Å². The van der Waals surface area contributed by atoms with Crippen molar-refractivity contribution in [2.75, 3.05) is 13.2 Å². The zero-order valence-corrected chi connectivity index (χ0v) is 30.4. The van der Waals surface area contributed by atoms with Gasteiger partial charge in [-0.15, -0.1) is 11.3 Å². The molecule has 8 rings (SSSR count). The highest BCUT2D eigenvalue weighted by Gasteiger charge is 2.61. The summed E-state index contributed by atoms with van der Waals surface area (Å²) in [4.78, 5) is 0.931. The fourth-order valence-corrected chi connectivity index (χ4v) is 8.86. The summed E-state index contributed by atoms with van der Waals surface area (Å²) in [7, 11) is 0. The predicted octanol–water partition coefficient (Wildman–Crippen LogP) is 8.49. The van der Waals surface area contributed by atoms with E-state index in [0.29, 0.717) is 39.5 Å². The summed E-state index contributed by atoms with van der Waals surface area (Å²) in [5.74, 6) is -1.34. The summed E-state index contributed by atoms with van der Waals surface area (Å²) in [5, 5.41) is 11.5. The van der Waals surface area contributed by atoms with Crippen molar-refractivity contribution < 1.29 is 33.5 Å². The third-order valence-corrected chi connectivity index (χ3v) is 11.4. The van der Waals surface area contributed by atoms with Crippen LogP contribution in [0.5, 0.6) is 0 Å². The Bertz CT molecular complexity index is 2040. The predicted molar refractivity (Wildman–Crippen MR) is 205 cm³/mol. The maximum atomic E-state index is 10.4. The van der Waals surface area contributed by atoms with Crippen LogP contribution in [0.4, 0.5) is 0 Å². The Morgan fingerprint density at radius 1 is 0.623 bits per heavy atom. The van der Waals surface area contributed by atoms with Crippen molar-refractivity contribution >= 4 is 21.4 Å². The highest BCUT2D eigenvalue weighted by Crippen LogP contribution is 2.52. The Kier molecular flexibility index (Phi) is 11.4. The first kappa shape index (κ1) is 35.8. The second-order valence-corrected chi connectivity index (χ2v) is 14.5. The number of ether oxygens (including phenoxy) is 6. The number of rotatable bonds is 14. The van der Waals surface area contributed by atoms with E-state index in [4.69, 9.17) is 28.4 Å². The van der Waals surface area contributed by atoms with Crippen molar-refractivity contribution in [1.82, 2.24) is 0 Å². The van der Waals surface area contributed by atoms with Crippen molar-refractivity contribution in [1.29, 1.82) is 0 Å². The minimum Gasteiger partial charge on any atom is -0.392 e. The van der Waals surface area contributed by atoms with Gasteiger partial charge in [0.15, 0.2) is 0 Å². The molecule has 7 nitrogen and oxygen atoms in total. The molecule has 2 aliphatic rings. The van der Waals surface area contributed by atoms with Crippen LogP contribution >= 0.6 is 11.3 Å². The summed E-state index contributed by atoms with van der Waals surface area (Å²) in [6, 6.07) is 46.7. The van der Waals surface area contributed by atoms with Gasteiger partial charge in [-0.05, 0) is 45.2 Å². The van der Waals surface area contributed by atoms with E-state index in [2.05, 4.69) is 54.6 Å². The van der Waals surface area contributed by atoms with Crippen LogP contribution < -0.4 is 0 Å². The van der Waals surface area contributed by atoms with E-state index in [1.165, 1.54) is 0 Å². The maximum absolute atomic E-state index is 10.4. The number of aliphatic hydroxyl groups excluding tert-OH is 1. The summed E-state index contributed by atoms with van der Waals surface area (Å²) in [6.45, 7) is 2.01. The monoisotopic (exact) mass is 728 g/mol. The van der Waals surface area contributed by atoms with E-state index >= 15 is 0 Å². The third-order valence-electron chi connectivity index (χ3n) is 9.98. The molecule has 5 aromatic carbocycles. The zero-order chi connectivity index (χ0) is 35.9. The fourth-order valence-electron chi connectivity index (χ4n) is 7.39. The molecule has 1 spiro atoms. The highest BCUT2D eigenvalue weighted by atomic mass is 32.1. The lowest BCUT2D eigenvalue weighted by Crippen LogP contribution is -2.67. The van der Waals surface area contributed by atoms with E-state index in [0.717, 1.165) is 48.3 Å². The van der Waals surface area contributed by atoms with Crippen molar-refractivity contribution in [3.63, 3.8) is 0 Å². The molecule has 53 heavy (non-hydrogen) atoms. The number of fused-ring (bicyclic) bond motifs is 4. The third kappa shape index (κ3) is 7.87. The summed E-state index contributed by atoms with van der Waals surface area (Å²) in [5.41, 5.74) is 6.19. The molecule has 272 valence electrons. The summed E-state index contributed by atoms with van der Waals surface area (Å²) in [6.07, 6.45) is -1.83. The Morgan fingerprint density at radius 2 is 1.17 bits per heavy atom. The largest absolute Gasteiger partial charge is 0.392 e. The van der Waals surface area contributed by atoms with Crippen LogP contribution in [0.3, 0.4) is 0 Å². The van der Waals surface area contributed by atoms with Crippen LogP contribution in [-0.2, 0) is 73.7 Å². The quantitative estimate of drug-likeness (QED) is 0.121. The van der Waals surface area contributed by atoms with E-state index in [-0.39, 0.29) is 13.2 Å². The van der Waals surface area contributed by atoms with Gasteiger partial charge in [0.05, 0.1) is 51.1 Å². The molecule has 5 atom stereocenters. The molecule has 0 amide bonds. The topological polar surface area (TPSA) is 75.6 Å². The zero-order valence-electron chi connectivity index (χ0n) is 29.6. The SMILES string of the molecule is OCc1cccc2c3c(sc12)[C@@]1(OCC3)O[C@H](COCc2ccccc2)[C@H](OCc2ccccc2)[C@H](OCc2ccccc2)[C@H]1OCc1ccccc1. The van der Waals surface area contributed by atoms with Gasteiger partial charge in [0.1, 0.15) is 24.4 Å². The van der Waals surface area contributed by atoms with Gasteiger partial charge in [0.25, 0.3) is 0 Å². The van der Waals surface area contributed by atoms with Gasteiger partial charge in [-0.1, -0.05) is 140 Å². The first-order chi connectivity index (χ1) is 26.2. The van der Waals surface area contributed by atoms with Gasteiger partial charge in [-0.3, -0.25) is 0 Å². The lowest BCUT2D eigenvalue weighted by atomic mass is 9.87. The van der Waals surface area contributed by atoms with Gasteiger partial charge in [-0.2, -0.15) is 0 Å². The van der Waals surface area contributed by atoms with Crippen molar-refractivity contribution in [2.24, 2.45) is 0 Å². The smallest absolute Gasteiger partial charge is 0.235 e. The molecule has 0 saturated carbocycles. The molecule has 0 unspecified atom stereocenters. The second kappa shape index (κ2) is 16.8. The molecule has 1 N–H and O–H groups in total. The molecular weight excluding hydrogens is 685 g/mol. The number of hydrogen-bond acceptors (Lipinski definition) is 8. The molecular formula is C45H44O7S. The molecule has 2 aliphatic heterocycles. The highest BCUT2D eigenvalue weighted by molar-refractivity contribution is 7.19. The van der Waals surface area contributed by atoms with Crippen molar-refractivity contribution in [2.45, 2.75) is 69.7 Å². The first-order valence-electron chi connectivity index (χ1n) is 18.3. The van der Waals surface area contributed by atoms with Gasteiger partial charge in [0, 0.05) is 4.70 Å². The summed E-state index contributed by atoms with van der Waals surface area (Å²) >= 11 is 1.61. The van der Waals surface area contributed by atoms with Crippen LogP contribution in [-0.4, -0.2) is 42.7 Å². The molecule has 0 radical (unpaired) electrons. The average Bonchev–Trinajstić information content (AvgIpc) is 3.61. The van der Waals surface area contributed by atoms with Crippen LogP contribution in [0.2, 0.25) is 0 Å². The minimum atomic E-state index is -1.34. The van der Waals surface area contributed by atoms with E-state index in [1.54, 1.807) is 11.3 Å². The molecule has 1 fully saturated rings. The minimum absolute atomic E-state index is 0.0620. The fraction of sp³-hybridized carbons (Fsp3) is 0.289. The van der Waals surface area contributed by atoms with E-state index in [1.807, 2.05) is 84.9 Å². The lowest BCUT2D eigenvalue weighted by Gasteiger charge is -2.53. The summed E-state index contributed by atoms with van der Waals surface area (Å²) < 4.78 is 42.7. The molecule has 3 heterocycles. The van der Waals surface area contributed by atoms with Crippen LogP contribution in [0.1, 0.15) is 38.3 Å².